The van der Waals surface area contributed by atoms with Crippen LogP contribution in [0.1, 0.15) is 64.7 Å². The number of carbonyl (C=O) groups is 1. The molecule has 1 fully saturated rings. The van der Waals surface area contributed by atoms with Crippen molar-refractivity contribution in [2.45, 2.75) is 70.8 Å². The number of esters is 1. The second-order valence-electron chi connectivity index (χ2n) is 4.21. The van der Waals surface area contributed by atoms with Crippen LogP contribution < -0.4 is 0 Å². The van der Waals surface area contributed by atoms with Crippen LogP contribution >= 0.6 is 13.5 Å². The number of hydrogen-bond acceptors (Lipinski definition) is 2. The Kier molecular flexibility index (Phi) is 8.97. The molecular weight excluding hydrogens is 208 g/mol. The molecule has 0 aromatic rings. The van der Waals surface area contributed by atoms with Crippen LogP contribution in [0.3, 0.4) is 0 Å². The largest absolute Gasteiger partial charge is 0.462 e. The Bertz CT molecular complexity index is 171. The molecule has 0 aromatic heterocycles. The molecule has 0 aromatic carbocycles. The molecule has 0 amide bonds. The number of unbranched alkanes of at least 4 members (excludes halogenated alkanes) is 5. The predicted octanol–water partition coefficient (Wildman–Crippen LogP) is 3.56. The second-order valence-corrected chi connectivity index (χ2v) is 4.21. The van der Waals surface area contributed by atoms with E-state index in [1.807, 2.05) is 0 Å². The van der Waals surface area contributed by atoms with Crippen molar-refractivity contribution in [2.75, 3.05) is 0 Å². The molecule has 0 aliphatic carbocycles. The minimum Gasteiger partial charge on any atom is -0.462 e. The molecule has 15 heavy (non-hydrogen) atoms. The summed E-state index contributed by atoms with van der Waals surface area (Å²) in [5.74, 6) is 0.000910. The van der Waals surface area contributed by atoms with E-state index in [0.29, 0.717) is 6.42 Å². The van der Waals surface area contributed by atoms with Crippen molar-refractivity contribution in [1.29, 1.82) is 0 Å². The first kappa shape index (κ1) is 14.8. The van der Waals surface area contributed by atoms with Crippen molar-refractivity contribution in [1.82, 2.24) is 0 Å². The van der Waals surface area contributed by atoms with E-state index in [1.54, 1.807) is 0 Å². The topological polar surface area (TPSA) is 26.3 Å². The summed E-state index contributed by atoms with van der Waals surface area (Å²) in [5, 5.41) is 0. The van der Waals surface area contributed by atoms with Crippen molar-refractivity contribution < 1.29 is 9.53 Å². The van der Waals surface area contributed by atoms with Gasteiger partial charge in [-0.1, -0.05) is 39.0 Å². The zero-order valence-electron chi connectivity index (χ0n) is 9.76. The minimum absolute atomic E-state index is 0. The molecule has 1 rings (SSSR count). The summed E-state index contributed by atoms with van der Waals surface area (Å²) < 4.78 is 5.15. The molecule has 0 unspecified atom stereocenters. The smallest absolute Gasteiger partial charge is 0.306 e. The Labute approximate surface area is 100 Å². The van der Waals surface area contributed by atoms with Gasteiger partial charge in [0.1, 0.15) is 6.10 Å². The first-order valence-electron chi connectivity index (χ1n) is 6.02. The van der Waals surface area contributed by atoms with Crippen LogP contribution in [0.5, 0.6) is 0 Å². The fourth-order valence-electron chi connectivity index (χ4n) is 1.94. The molecule has 1 aliphatic rings. The summed E-state index contributed by atoms with van der Waals surface area (Å²) in [6, 6.07) is 0. The molecule has 1 atom stereocenters. The lowest BCUT2D eigenvalue weighted by atomic mass is 10.1. The van der Waals surface area contributed by atoms with Gasteiger partial charge in [0.15, 0.2) is 0 Å². The number of hydrogen-bond donors (Lipinski definition) is 0. The minimum atomic E-state index is 0. The summed E-state index contributed by atoms with van der Waals surface area (Å²) in [6.07, 6.45) is 10.8. The maximum atomic E-state index is 10.8. The van der Waals surface area contributed by atoms with Crippen LogP contribution in [0.2, 0.25) is 0 Å². The maximum Gasteiger partial charge on any atom is 0.306 e. The Morgan fingerprint density at radius 2 is 1.87 bits per heavy atom. The van der Waals surface area contributed by atoms with E-state index < -0.39 is 0 Å². The van der Waals surface area contributed by atoms with Crippen LogP contribution in [0.25, 0.3) is 0 Å². The van der Waals surface area contributed by atoms with Crippen LogP contribution in [0.15, 0.2) is 0 Å². The molecule has 0 N–H and O–H groups in total. The fraction of sp³-hybridized carbons (Fsp3) is 0.917. The molecule has 0 spiro atoms. The van der Waals surface area contributed by atoms with Crippen LogP contribution in [-0.4, -0.2) is 12.1 Å². The zero-order valence-corrected chi connectivity index (χ0v) is 10.8. The van der Waals surface area contributed by atoms with E-state index in [1.165, 1.54) is 38.5 Å². The second kappa shape index (κ2) is 9.08. The Balaban J connectivity index is 0.00000196. The van der Waals surface area contributed by atoms with Crippen LogP contribution in [-0.2, 0) is 9.53 Å². The van der Waals surface area contributed by atoms with Gasteiger partial charge in [-0.3, -0.25) is 4.79 Å². The Morgan fingerprint density at radius 3 is 2.47 bits per heavy atom. The molecule has 2 nitrogen and oxygen atoms in total. The lowest BCUT2D eigenvalue weighted by Crippen LogP contribution is -2.06. The van der Waals surface area contributed by atoms with Gasteiger partial charge in [0.05, 0.1) is 0 Å². The van der Waals surface area contributed by atoms with E-state index >= 15 is 0 Å². The van der Waals surface area contributed by atoms with Gasteiger partial charge in [0, 0.05) is 6.42 Å². The average molecular weight is 232 g/mol. The first-order chi connectivity index (χ1) is 6.83. The summed E-state index contributed by atoms with van der Waals surface area (Å²) >= 11 is 0. The lowest BCUT2D eigenvalue weighted by Gasteiger charge is -2.07. The van der Waals surface area contributed by atoms with Gasteiger partial charge in [0.2, 0.25) is 0 Å². The normalized spacial score (nSPS) is 19.8. The molecule has 0 radical (unpaired) electrons. The molecule has 90 valence electrons. The van der Waals surface area contributed by atoms with Gasteiger partial charge >= 0.3 is 5.97 Å². The van der Waals surface area contributed by atoms with Gasteiger partial charge in [0.25, 0.3) is 0 Å². The quantitative estimate of drug-likeness (QED) is 0.495. The number of carbonyl (C=O) groups excluding carboxylic acids is 1. The maximum absolute atomic E-state index is 10.8. The van der Waals surface area contributed by atoms with Crippen molar-refractivity contribution in [3.63, 3.8) is 0 Å². The summed E-state index contributed by atoms with van der Waals surface area (Å²) in [4.78, 5) is 10.8. The SMILES string of the molecule is CCCCCCCC[C@H]1CCC(=O)O1.S. The number of cyclic esters (lactones) is 1. The fourth-order valence-corrected chi connectivity index (χ4v) is 1.94. The van der Waals surface area contributed by atoms with Gasteiger partial charge in [-0.25, -0.2) is 0 Å². The van der Waals surface area contributed by atoms with Crippen molar-refractivity contribution >= 4 is 19.5 Å². The molecule has 0 saturated carbocycles. The standard InChI is InChI=1S/C12H22O2.H2S/c1-2-3-4-5-6-7-8-11-9-10-12(13)14-11;/h11H,2-10H2,1H3;1H2/t11-;/m0./s1. The molecule has 1 saturated heterocycles. The number of rotatable bonds is 7. The van der Waals surface area contributed by atoms with Gasteiger partial charge < -0.3 is 4.74 Å². The lowest BCUT2D eigenvalue weighted by molar-refractivity contribution is -0.141. The average Bonchev–Trinajstić information content (AvgIpc) is 2.58. The first-order valence-corrected chi connectivity index (χ1v) is 6.02. The highest BCUT2D eigenvalue weighted by molar-refractivity contribution is 7.59. The van der Waals surface area contributed by atoms with Gasteiger partial charge in [-0.05, 0) is 19.3 Å². The van der Waals surface area contributed by atoms with E-state index in [-0.39, 0.29) is 25.6 Å². The molecule has 1 heterocycles. The Morgan fingerprint density at radius 1 is 1.20 bits per heavy atom. The predicted molar refractivity (Wildman–Crippen MR) is 67.5 cm³/mol. The molecule has 3 heteroatoms. The zero-order chi connectivity index (χ0) is 10.2. The van der Waals surface area contributed by atoms with Crippen molar-refractivity contribution in [3.05, 3.63) is 0 Å². The highest BCUT2D eigenvalue weighted by atomic mass is 32.1. The van der Waals surface area contributed by atoms with Gasteiger partial charge in [-0.15, -0.1) is 0 Å². The number of ether oxygens (including phenoxy) is 1. The van der Waals surface area contributed by atoms with Crippen molar-refractivity contribution in [2.24, 2.45) is 0 Å². The summed E-state index contributed by atoms with van der Waals surface area (Å²) in [7, 11) is 0. The molecule has 0 bridgehead atoms. The van der Waals surface area contributed by atoms with Crippen molar-refractivity contribution in [3.8, 4) is 0 Å². The van der Waals surface area contributed by atoms with Crippen LogP contribution in [0.4, 0.5) is 0 Å². The highest BCUT2D eigenvalue weighted by Gasteiger charge is 2.22. The monoisotopic (exact) mass is 232 g/mol. The molecule has 1 aliphatic heterocycles. The van der Waals surface area contributed by atoms with E-state index in [2.05, 4.69) is 6.92 Å². The third-order valence-electron chi connectivity index (χ3n) is 2.85. The highest BCUT2D eigenvalue weighted by Crippen LogP contribution is 2.19. The molecular formula is C12H24O2S. The van der Waals surface area contributed by atoms with Gasteiger partial charge in [-0.2, -0.15) is 13.5 Å². The van der Waals surface area contributed by atoms with E-state index in [9.17, 15) is 4.79 Å². The third-order valence-corrected chi connectivity index (χ3v) is 2.85. The van der Waals surface area contributed by atoms with E-state index in [4.69, 9.17) is 4.74 Å². The Hall–Kier alpha value is -0.180. The summed E-state index contributed by atoms with van der Waals surface area (Å²) in [5.41, 5.74) is 0. The van der Waals surface area contributed by atoms with E-state index in [0.717, 1.165) is 12.8 Å². The third kappa shape index (κ3) is 6.82. The summed E-state index contributed by atoms with van der Waals surface area (Å²) in [6.45, 7) is 2.23. The van der Waals surface area contributed by atoms with Crippen LogP contribution in [0, 0.1) is 0 Å².